The standard InChI is InChI=1S/C87H152N24O32/c1-63(108-35-27-98(49-73(120)121)13-11-96(47-71(116)117)15-21-104(31-39-108)55-79(130)140-7)83(134)88-43-67(112)92-59-87(60-93-68(113)44-89-84(135)64(2)109-36-28-99(50-74(122)123)14-12-97(48-72(118)119)16-22-105(32-40-109)56-80(131)141-8,61-94-69(114)45-90-85(136)65(3)110-37-29-100(51-75(124)125)17-19-102(53-77(128)138-5)23-25-106(33-41-110)57-81(132)142-9)62-95-70(115)46-91-86(137)66(4)111-38-30-101(52-76(126)127)18-20-103(54-78(129)139-6)24-26-107(34-42-111)58-82(133)143-10/h63-66H,11-62H2,1-10H3,(H,88,134)(H,89,135)(H,90,136)(H,91,137)(H,92,112)(H,93,113)(H,94,114)(H,95,115)(H,116,117)(H,118,119)(H,120,121)(H,122,123)(H,124,125)(H,126,127)/t63-,64-,65-,66-/m1/s1. The summed E-state index contributed by atoms with van der Waals surface area (Å²) in [6, 6.07) is -4.32. The highest BCUT2D eigenvalue weighted by Crippen LogP contribution is 2.17. The smallest absolute Gasteiger partial charge is 0.319 e. The number of ether oxygens (including phenoxy) is 6. The fourth-order valence-electron chi connectivity index (χ4n) is 16.0. The lowest BCUT2D eigenvalue weighted by Crippen LogP contribution is -2.59. The first-order chi connectivity index (χ1) is 67.9. The van der Waals surface area contributed by atoms with E-state index >= 15 is 0 Å². The number of nitrogens with one attached hydrogen (secondary N) is 8. The summed E-state index contributed by atoms with van der Waals surface area (Å²) in [5.41, 5.74) is -1.84. The Kier molecular flexibility index (Phi) is 58.5. The van der Waals surface area contributed by atoms with Crippen LogP contribution in [0.3, 0.4) is 0 Å². The van der Waals surface area contributed by atoms with Crippen LogP contribution in [0.5, 0.6) is 0 Å². The van der Waals surface area contributed by atoms with Crippen LogP contribution in [0.25, 0.3) is 0 Å². The molecule has 56 heteroatoms. The topological polar surface area (TPSA) is 666 Å². The number of carboxylic acids is 6. The van der Waals surface area contributed by atoms with E-state index in [9.17, 15) is 127 Å². The molecule has 0 radical (unpaired) electrons. The zero-order chi connectivity index (χ0) is 106. The minimum atomic E-state index is -1.84. The largest absolute Gasteiger partial charge is 0.480 e. The minimum absolute atomic E-state index is 0.0336. The van der Waals surface area contributed by atoms with Gasteiger partial charge in [-0.15, -0.1) is 0 Å². The zero-order valence-electron chi connectivity index (χ0n) is 84.0. The van der Waals surface area contributed by atoms with Crippen molar-refractivity contribution < 1.29 is 155 Å². The molecule has 56 nitrogen and oxygen atoms in total. The van der Waals surface area contributed by atoms with E-state index in [2.05, 4.69) is 42.5 Å². The van der Waals surface area contributed by atoms with Gasteiger partial charge in [0, 0.05) is 241 Å². The summed E-state index contributed by atoms with van der Waals surface area (Å²) < 4.78 is 29.7. The molecule has 143 heavy (non-hydrogen) atoms. The van der Waals surface area contributed by atoms with Gasteiger partial charge in [-0.05, 0) is 27.7 Å². The van der Waals surface area contributed by atoms with Crippen LogP contribution >= 0.6 is 0 Å². The summed E-state index contributed by atoms with van der Waals surface area (Å²) in [4.78, 5) is 292. The molecule has 14 N–H and O–H groups in total. The normalized spacial score (nSPS) is 18.8. The number of carbonyl (C=O) groups excluding carboxylic acids is 14. The first kappa shape index (κ1) is 124. The van der Waals surface area contributed by atoms with E-state index in [1.807, 2.05) is 0 Å². The van der Waals surface area contributed by atoms with Gasteiger partial charge in [-0.3, -0.25) is 174 Å². The van der Waals surface area contributed by atoms with E-state index in [-0.39, 0.29) is 262 Å². The van der Waals surface area contributed by atoms with Gasteiger partial charge in [-0.2, -0.15) is 0 Å². The highest BCUT2D eigenvalue weighted by Gasteiger charge is 2.37. The van der Waals surface area contributed by atoms with Crippen molar-refractivity contribution in [2.45, 2.75) is 51.9 Å². The molecule has 0 bridgehead atoms. The second-order valence-corrected chi connectivity index (χ2v) is 35.5. The number of hydrogen-bond acceptors (Lipinski definition) is 42. The molecule has 0 aromatic rings. The Morgan fingerprint density at radius 1 is 0.203 bits per heavy atom. The molecule has 0 saturated carbocycles. The van der Waals surface area contributed by atoms with Crippen LogP contribution in [0, 0.1) is 5.41 Å². The van der Waals surface area contributed by atoms with Crippen molar-refractivity contribution in [3.63, 3.8) is 0 Å². The quantitative estimate of drug-likeness (QED) is 0.0199. The van der Waals surface area contributed by atoms with Crippen LogP contribution < -0.4 is 42.5 Å². The van der Waals surface area contributed by atoms with Crippen molar-refractivity contribution >= 4 is 119 Å². The molecule has 0 unspecified atom stereocenters. The van der Waals surface area contributed by atoms with Crippen molar-refractivity contribution in [2.24, 2.45) is 5.41 Å². The predicted octanol–water partition coefficient (Wildman–Crippen LogP) is -13.1. The third kappa shape index (κ3) is 51.7. The van der Waals surface area contributed by atoms with Crippen LogP contribution in [-0.4, -0.2) is 635 Å². The molecular weight excluding hydrogens is 1890 g/mol. The molecular formula is C87H152N24O32. The summed E-state index contributed by atoms with van der Waals surface area (Å²) in [6.07, 6.45) is 0. The predicted molar refractivity (Wildman–Crippen MR) is 506 cm³/mol. The van der Waals surface area contributed by atoms with E-state index in [1.54, 1.807) is 78.4 Å². The number of methoxy groups -OCH3 is 6. The van der Waals surface area contributed by atoms with Crippen LogP contribution in [-0.2, 0) is 124 Å². The maximum Gasteiger partial charge on any atom is 0.319 e. The minimum Gasteiger partial charge on any atom is -0.480 e. The lowest BCUT2D eigenvalue weighted by Gasteiger charge is -2.36. The molecule has 4 aliphatic heterocycles. The Balaban J connectivity index is 1.84. The summed E-state index contributed by atoms with van der Waals surface area (Å²) in [5, 5.41) is 80.7. The Hall–Kier alpha value is -11.2. The second-order valence-electron chi connectivity index (χ2n) is 35.5. The van der Waals surface area contributed by atoms with Gasteiger partial charge in [0.25, 0.3) is 0 Å². The van der Waals surface area contributed by atoms with E-state index in [0.717, 1.165) is 0 Å². The zero-order valence-corrected chi connectivity index (χ0v) is 84.0. The van der Waals surface area contributed by atoms with Crippen LogP contribution in [0.15, 0.2) is 0 Å². The Morgan fingerprint density at radius 2 is 0.322 bits per heavy atom. The Labute approximate surface area is 831 Å². The molecule has 8 amide bonds. The number of carbonyl (C=O) groups is 20. The van der Waals surface area contributed by atoms with Gasteiger partial charge in [0.15, 0.2) is 0 Å². The number of aliphatic carboxylic acids is 6. The molecule has 4 atom stereocenters. The van der Waals surface area contributed by atoms with Crippen molar-refractivity contribution in [1.29, 1.82) is 0 Å². The number of hydrogen-bond donors (Lipinski definition) is 14. The van der Waals surface area contributed by atoms with Gasteiger partial charge >= 0.3 is 71.6 Å². The van der Waals surface area contributed by atoms with Crippen molar-refractivity contribution in [2.75, 3.05) is 383 Å². The van der Waals surface area contributed by atoms with Gasteiger partial charge in [-0.1, -0.05) is 0 Å². The number of amides is 8. The van der Waals surface area contributed by atoms with Crippen molar-refractivity contribution in [3.8, 4) is 0 Å². The lowest BCUT2D eigenvalue weighted by atomic mass is 9.86. The van der Waals surface area contributed by atoms with Gasteiger partial charge in [0.2, 0.25) is 47.3 Å². The van der Waals surface area contributed by atoms with E-state index in [0.29, 0.717) is 0 Å². The van der Waals surface area contributed by atoms with Crippen molar-refractivity contribution in [3.05, 3.63) is 0 Å². The maximum atomic E-state index is 14.6. The van der Waals surface area contributed by atoms with Gasteiger partial charge in [0.1, 0.15) is 0 Å². The highest BCUT2D eigenvalue weighted by molar-refractivity contribution is 5.90. The van der Waals surface area contributed by atoms with Gasteiger partial charge in [0.05, 0.1) is 172 Å². The lowest BCUT2D eigenvalue weighted by molar-refractivity contribution is -0.144. The number of carboxylic acid groups (broad SMARTS) is 6. The van der Waals surface area contributed by atoms with E-state index in [4.69, 9.17) is 28.4 Å². The van der Waals surface area contributed by atoms with Crippen LogP contribution in [0.4, 0.5) is 0 Å². The summed E-state index contributed by atoms with van der Waals surface area (Å²) in [5.74, 6) is -17.0. The monoisotopic (exact) mass is 2050 g/mol. The van der Waals surface area contributed by atoms with Crippen LogP contribution in [0.1, 0.15) is 27.7 Å². The maximum absolute atomic E-state index is 14.6. The number of nitrogens with zero attached hydrogens (tertiary/aromatic N) is 16. The Morgan fingerprint density at radius 3 is 0.441 bits per heavy atom. The average molecular weight is 2050 g/mol. The average Bonchev–Trinajstić information content (AvgIpc) is 0.846. The number of esters is 6. The molecule has 0 aromatic heterocycles. The summed E-state index contributed by atoms with van der Waals surface area (Å²) >= 11 is 0. The molecule has 0 aliphatic carbocycles. The molecule has 812 valence electrons. The van der Waals surface area contributed by atoms with Crippen molar-refractivity contribution in [1.82, 2.24) is 121 Å². The molecule has 4 aliphatic rings. The summed E-state index contributed by atoms with van der Waals surface area (Å²) in [7, 11) is 7.25. The third-order valence-corrected chi connectivity index (χ3v) is 25.2. The first-order valence-corrected chi connectivity index (χ1v) is 47.4. The molecule has 0 aromatic carbocycles. The molecule has 4 fully saturated rings. The third-order valence-electron chi connectivity index (χ3n) is 25.2. The SMILES string of the molecule is COC(=O)CN1CCN(CC(=O)O)CCN([C@H](C)C(=O)NCC(=O)NCC(CNC(=O)CNC(=O)[C@@H](C)N2CCN(CC(=O)O)CCN(CC(=O)O)CCN(CC(=O)OC)CC2)(CNC(=O)CNC(=O)[C@@H](C)N2CCN(CC(=O)O)CCN(CC(=O)O)CCN(CC(=O)OC)CC2)CNC(=O)CNC(=O)[C@@H](C)N2CCN(CC(=O)O)CCN(CC(=O)OC)CCN(CC(=O)OC)CC2)CCN(CC(=O)OC)CC1. The first-order valence-electron chi connectivity index (χ1n) is 47.4. The molecule has 4 heterocycles. The fourth-order valence-corrected chi connectivity index (χ4v) is 16.0. The second kappa shape index (κ2) is 67.4. The van der Waals surface area contributed by atoms with E-state index in [1.165, 1.54) is 70.4 Å². The molecule has 0 spiro atoms. The molecule has 4 saturated heterocycles. The molecule has 4 rings (SSSR count). The van der Waals surface area contributed by atoms with E-state index < -0.39 is 227 Å². The summed E-state index contributed by atoms with van der Waals surface area (Å²) in [6.45, 7) is 0.414. The van der Waals surface area contributed by atoms with Gasteiger partial charge < -0.3 is 102 Å². The van der Waals surface area contributed by atoms with Crippen LogP contribution in [0.2, 0.25) is 0 Å². The highest BCUT2D eigenvalue weighted by atomic mass is 16.5. The van der Waals surface area contributed by atoms with Gasteiger partial charge in [-0.25, -0.2) is 0 Å². The fraction of sp³-hybridized carbons (Fsp3) is 0.770. The number of rotatable bonds is 48. The Bertz CT molecular complexity index is 3870.